The van der Waals surface area contributed by atoms with Crippen molar-refractivity contribution in [2.75, 3.05) is 6.54 Å². The van der Waals surface area contributed by atoms with E-state index in [1.165, 1.54) is 21.8 Å². The SMILES string of the molecule is CC(NC(=O)c1ccc(Br)s1)C(=O)N1CCc2sccc2C1c1ccccc1. The van der Waals surface area contributed by atoms with Crippen LogP contribution in [-0.4, -0.2) is 29.3 Å². The smallest absolute Gasteiger partial charge is 0.262 e. The maximum absolute atomic E-state index is 13.3. The van der Waals surface area contributed by atoms with Gasteiger partial charge in [0.15, 0.2) is 0 Å². The zero-order valence-corrected chi connectivity index (χ0v) is 18.4. The quantitative estimate of drug-likeness (QED) is 0.586. The van der Waals surface area contributed by atoms with E-state index in [-0.39, 0.29) is 17.9 Å². The Bertz CT molecular complexity index is 999. The molecule has 4 rings (SSSR count). The molecular formula is C21H19BrN2O2S2. The van der Waals surface area contributed by atoms with Gasteiger partial charge < -0.3 is 10.2 Å². The first-order valence-electron chi connectivity index (χ1n) is 9.02. The number of benzene rings is 1. The minimum Gasteiger partial charge on any atom is -0.340 e. The first kappa shape index (κ1) is 19.4. The Labute approximate surface area is 180 Å². The second-order valence-electron chi connectivity index (χ2n) is 6.69. The van der Waals surface area contributed by atoms with E-state index in [1.54, 1.807) is 24.3 Å². The largest absolute Gasteiger partial charge is 0.340 e. The van der Waals surface area contributed by atoms with Gasteiger partial charge >= 0.3 is 0 Å². The van der Waals surface area contributed by atoms with Crippen LogP contribution in [0.3, 0.4) is 0 Å². The van der Waals surface area contributed by atoms with Gasteiger partial charge in [0.1, 0.15) is 6.04 Å². The summed E-state index contributed by atoms with van der Waals surface area (Å²) in [6, 6.07) is 15.1. The molecule has 3 heterocycles. The maximum Gasteiger partial charge on any atom is 0.262 e. The number of hydrogen-bond donors (Lipinski definition) is 1. The second kappa shape index (κ2) is 8.19. The zero-order valence-electron chi connectivity index (χ0n) is 15.2. The minimum absolute atomic E-state index is 0.0605. The Morgan fingerprint density at radius 1 is 1.18 bits per heavy atom. The molecule has 1 aromatic carbocycles. The van der Waals surface area contributed by atoms with Crippen molar-refractivity contribution in [1.29, 1.82) is 0 Å². The van der Waals surface area contributed by atoms with Crippen LogP contribution in [0.15, 0.2) is 57.7 Å². The lowest BCUT2D eigenvalue weighted by Gasteiger charge is -2.37. The van der Waals surface area contributed by atoms with Crippen LogP contribution in [0.1, 0.15) is 38.6 Å². The van der Waals surface area contributed by atoms with Gasteiger partial charge in [-0.3, -0.25) is 9.59 Å². The van der Waals surface area contributed by atoms with Gasteiger partial charge in [-0.15, -0.1) is 22.7 Å². The van der Waals surface area contributed by atoms with Gasteiger partial charge in [-0.1, -0.05) is 30.3 Å². The van der Waals surface area contributed by atoms with Gasteiger partial charge in [0, 0.05) is 11.4 Å². The van der Waals surface area contributed by atoms with E-state index in [2.05, 4.69) is 44.8 Å². The number of halogens is 1. The van der Waals surface area contributed by atoms with Gasteiger partial charge in [-0.2, -0.15) is 0 Å². The van der Waals surface area contributed by atoms with Crippen LogP contribution < -0.4 is 5.32 Å². The summed E-state index contributed by atoms with van der Waals surface area (Å²) in [5.74, 6) is -0.282. The monoisotopic (exact) mass is 474 g/mol. The summed E-state index contributed by atoms with van der Waals surface area (Å²) < 4.78 is 0.891. The fourth-order valence-corrected chi connectivity index (χ4v) is 5.76. The third kappa shape index (κ3) is 3.79. The van der Waals surface area contributed by atoms with E-state index in [1.807, 2.05) is 29.2 Å². The van der Waals surface area contributed by atoms with Crippen LogP contribution in [-0.2, 0) is 11.2 Å². The van der Waals surface area contributed by atoms with Gasteiger partial charge in [-0.05, 0) is 64.0 Å². The summed E-state index contributed by atoms with van der Waals surface area (Å²) in [7, 11) is 0. The van der Waals surface area contributed by atoms with Crippen molar-refractivity contribution in [3.8, 4) is 0 Å². The lowest BCUT2D eigenvalue weighted by Crippen LogP contribution is -2.50. The van der Waals surface area contributed by atoms with Gasteiger partial charge in [-0.25, -0.2) is 0 Å². The fraction of sp³-hybridized carbons (Fsp3) is 0.238. The number of hydrogen-bond acceptors (Lipinski definition) is 4. The topological polar surface area (TPSA) is 49.4 Å². The van der Waals surface area contributed by atoms with Crippen molar-refractivity contribution in [2.24, 2.45) is 0 Å². The number of nitrogens with zero attached hydrogens (tertiary/aromatic N) is 1. The van der Waals surface area contributed by atoms with E-state index in [4.69, 9.17) is 0 Å². The molecule has 2 aromatic heterocycles. The Kier molecular flexibility index (Phi) is 5.66. The second-order valence-corrected chi connectivity index (χ2v) is 10.2. The van der Waals surface area contributed by atoms with E-state index in [9.17, 15) is 9.59 Å². The lowest BCUT2D eigenvalue weighted by atomic mass is 9.92. The van der Waals surface area contributed by atoms with Crippen LogP contribution >= 0.6 is 38.6 Å². The molecule has 1 aliphatic heterocycles. The molecule has 0 aliphatic carbocycles. The standard InChI is InChI=1S/C21H19BrN2O2S2/c1-13(23-20(25)17-7-8-18(22)28-17)21(26)24-11-9-16-15(10-12-27-16)19(24)14-5-3-2-4-6-14/h2-8,10,12-13,19H,9,11H2,1H3,(H,23,25). The highest BCUT2D eigenvalue weighted by Gasteiger charge is 2.35. The Hall–Kier alpha value is -1.96. The number of carbonyl (C=O) groups excluding carboxylic acids is 2. The average Bonchev–Trinajstić information content (AvgIpc) is 3.36. The van der Waals surface area contributed by atoms with Crippen LogP contribution in [0.2, 0.25) is 0 Å². The molecule has 0 bridgehead atoms. The summed E-state index contributed by atoms with van der Waals surface area (Å²) in [6.07, 6.45) is 0.848. The molecule has 0 radical (unpaired) electrons. The average molecular weight is 475 g/mol. The summed E-state index contributed by atoms with van der Waals surface area (Å²) in [6.45, 7) is 2.41. The lowest BCUT2D eigenvalue weighted by molar-refractivity contribution is -0.134. The molecule has 2 unspecified atom stereocenters. The van der Waals surface area contributed by atoms with Crippen LogP contribution in [0.4, 0.5) is 0 Å². The molecule has 0 saturated heterocycles. The molecule has 2 amide bonds. The zero-order chi connectivity index (χ0) is 19.7. The molecule has 4 nitrogen and oxygen atoms in total. The molecule has 28 heavy (non-hydrogen) atoms. The third-order valence-electron chi connectivity index (χ3n) is 4.88. The van der Waals surface area contributed by atoms with E-state index in [0.29, 0.717) is 11.4 Å². The summed E-state index contributed by atoms with van der Waals surface area (Å²) in [5.41, 5.74) is 2.28. The fourth-order valence-electron chi connectivity index (χ4n) is 3.56. The number of amides is 2. The van der Waals surface area contributed by atoms with E-state index in [0.717, 1.165) is 15.8 Å². The van der Waals surface area contributed by atoms with Crippen molar-refractivity contribution in [3.63, 3.8) is 0 Å². The molecule has 3 aromatic rings. The van der Waals surface area contributed by atoms with E-state index >= 15 is 0 Å². The summed E-state index contributed by atoms with van der Waals surface area (Å²) in [4.78, 5) is 29.6. The Balaban J connectivity index is 1.57. The minimum atomic E-state index is -0.597. The number of nitrogens with one attached hydrogen (secondary N) is 1. The third-order valence-corrected chi connectivity index (χ3v) is 7.50. The highest BCUT2D eigenvalue weighted by molar-refractivity contribution is 9.11. The van der Waals surface area contributed by atoms with Crippen molar-refractivity contribution in [2.45, 2.75) is 25.4 Å². The summed E-state index contributed by atoms with van der Waals surface area (Å²) in [5, 5.41) is 4.95. The van der Waals surface area contributed by atoms with Crippen molar-refractivity contribution in [1.82, 2.24) is 10.2 Å². The molecule has 1 N–H and O–H groups in total. The van der Waals surface area contributed by atoms with Crippen molar-refractivity contribution in [3.05, 3.63) is 78.6 Å². The highest BCUT2D eigenvalue weighted by Crippen LogP contribution is 2.38. The maximum atomic E-state index is 13.3. The molecule has 1 aliphatic rings. The molecule has 144 valence electrons. The summed E-state index contributed by atoms with van der Waals surface area (Å²) >= 11 is 6.47. The molecule has 7 heteroatoms. The number of thiophene rings is 2. The molecule has 0 spiro atoms. The predicted molar refractivity (Wildman–Crippen MR) is 117 cm³/mol. The molecular weight excluding hydrogens is 456 g/mol. The molecule has 2 atom stereocenters. The van der Waals surface area contributed by atoms with Gasteiger partial charge in [0.25, 0.3) is 5.91 Å². The van der Waals surface area contributed by atoms with Crippen LogP contribution in [0.25, 0.3) is 0 Å². The Morgan fingerprint density at radius 2 is 1.96 bits per heavy atom. The number of carbonyl (C=O) groups is 2. The normalized spacial score (nSPS) is 17.1. The number of rotatable bonds is 4. The van der Waals surface area contributed by atoms with Crippen molar-refractivity contribution >= 4 is 50.4 Å². The Morgan fingerprint density at radius 3 is 2.68 bits per heavy atom. The molecule has 0 fully saturated rings. The van der Waals surface area contributed by atoms with Crippen LogP contribution in [0.5, 0.6) is 0 Å². The first-order valence-corrected chi connectivity index (χ1v) is 11.5. The predicted octanol–water partition coefficient (Wildman–Crippen LogP) is 4.86. The van der Waals surface area contributed by atoms with Crippen LogP contribution in [0, 0.1) is 0 Å². The van der Waals surface area contributed by atoms with Gasteiger partial charge in [0.05, 0.1) is 14.7 Å². The van der Waals surface area contributed by atoms with E-state index < -0.39 is 6.04 Å². The van der Waals surface area contributed by atoms with Gasteiger partial charge in [0.2, 0.25) is 5.91 Å². The molecule has 0 saturated carbocycles. The number of fused-ring (bicyclic) bond motifs is 1. The first-order chi connectivity index (χ1) is 13.5. The van der Waals surface area contributed by atoms with Crippen molar-refractivity contribution < 1.29 is 9.59 Å². The highest BCUT2D eigenvalue weighted by atomic mass is 79.9.